The molecule has 0 spiro atoms. The Kier molecular flexibility index (Phi) is 11.3. The number of halogens is 3. The van der Waals surface area contributed by atoms with Crippen LogP contribution in [0.5, 0.6) is 0 Å². The lowest BCUT2D eigenvalue weighted by molar-refractivity contribution is -0.140. The van der Waals surface area contributed by atoms with E-state index in [1.165, 1.54) is 17.0 Å². The monoisotopic (exact) mass is 623 g/mol. The Bertz CT molecular complexity index is 1450. The maximum Gasteiger partial charge on any atom is 0.264 e. The lowest BCUT2D eigenvalue weighted by Crippen LogP contribution is -2.52. The smallest absolute Gasteiger partial charge is 0.264 e. The summed E-state index contributed by atoms with van der Waals surface area (Å²) in [4.78, 5) is 28.7. The van der Waals surface area contributed by atoms with Crippen LogP contribution in [0.1, 0.15) is 37.8 Å². The number of hydrogen-bond donors (Lipinski definition) is 1. The van der Waals surface area contributed by atoms with Crippen LogP contribution in [-0.4, -0.2) is 44.3 Å². The van der Waals surface area contributed by atoms with Crippen LogP contribution in [0.25, 0.3) is 0 Å². The van der Waals surface area contributed by atoms with Crippen LogP contribution < -0.4 is 9.62 Å². The highest BCUT2D eigenvalue weighted by Gasteiger charge is 2.34. The summed E-state index contributed by atoms with van der Waals surface area (Å²) >= 11 is 18.9. The minimum atomic E-state index is -4.19. The molecule has 3 aromatic carbocycles. The van der Waals surface area contributed by atoms with Gasteiger partial charge in [-0.2, -0.15) is 0 Å². The summed E-state index contributed by atoms with van der Waals surface area (Å²) in [6.45, 7) is 5.25. The van der Waals surface area contributed by atoms with Gasteiger partial charge in [0.1, 0.15) is 12.6 Å². The van der Waals surface area contributed by atoms with Crippen molar-refractivity contribution in [1.29, 1.82) is 0 Å². The van der Waals surface area contributed by atoms with E-state index in [-0.39, 0.29) is 23.0 Å². The van der Waals surface area contributed by atoms with Gasteiger partial charge in [0.15, 0.2) is 0 Å². The van der Waals surface area contributed by atoms with Gasteiger partial charge in [-0.25, -0.2) is 8.42 Å². The minimum absolute atomic E-state index is 0.0159. The molecule has 0 saturated heterocycles. The molecule has 0 aromatic heterocycles. The Hall–Kier alpha value is -2.78. The Morgan fingerprint density at radius 1 is 0.925 bits per heavy atom. The van der Waals surface area contributed by atoms with Crippen molar-refractivity contribution in [2.75, 3.05) is 17.4 Å². The molecule has 3 aromatic rings. The number of carbonyl (C=O) groups is 2. The van der Waals surface area contributed by atoms with Crippen molar-refractivity contribution in [3.05, 3.63) is 92.9 Å². The van der Waals surface area contributed by atoms with Crippen LogP contribution in [-0.2, 0) is 26.2 Å². The number of amides is 2. The molecule has 2 amide bonds. The number of benzene rings is 3. The fourth-order valence-corrected chi connectivity index (χ4v) is 6.35. The van der Waals surface area contributed by atoms with Gasteiger partial charge in [-0.1, -0.05) is 79.0 Å². The third kappa shape index (κ3) is 7.49. The molecule has 7 nitrogen and oxygen atoms in total. The first-order valence-electron chi connectivity index (χ1n) is 12.8. The second-order valence-electron chi connectivity index (χ2n) is 9.18. The van der Waals surface area contributed by atoms with E-state index >= 15 is 0 Å². The molecule has 0 heterocycles. The number of rotatable bonds is 12. The van der Waals surface area contributed by atoms with E-state index in [2.05, 4.69) is 5.32 Å². The average molecular weight is 625 g/mol. The van der Waals surface area contributed by atoms with Crippen LogP contribution in [0.4, 0.5) is 5.69 Å². The first-order valence-corrected chi connectivity index (χ1v) is 15.4. The van der Waals surface area contributed by atoms with Crippen molar-refractivity contribution in [3.63, 3.8) is 0 Å². The van der Waals surface area contributed by atoms with Gasteiger partial charge >= 0.3 is 0 Å². The highest BCUT2D eigenvalue weighted by Crippen LogP contribution is 2.31. The Morgan fingerprint density at radius 3 is 2.25 bits per heavy atom. The summed E-state index contributed by atoms with van der Waals surface area (Å²) in [5, 5.41) is 3.96. The van der Waals surface area contributed by atoms with Crippen molar-refractivity contribution in [3.8, 4) is 0 Å². The topological polar surface area (TPSA) is 86.8 Å². The summed E-state index contributed by atoms with van der Waals surface area (Å²) in [6, 6.07) is 16.7. The summed E-state index contributed by atoms with van der Waals surface area (Å²) in [5.74, 6) is -0.914. The number of anilines is 1. The van der Waals surface area contributed by atoms with E-state index in [1.807, 2.05) is 6.92 Å². The average Bonchev–Trinajstić information content (AvgIpc) is 2.93. The number of sulfonamides is 1. The van der Waals surface area contributed by atoms with Crippen molar-refractivity contribution < 1.29 is 18.0 Å². The molecule has 1 atom stereocenters. The van der Waals surface area contributed by atoms with Crippen molar-refractivity contribution >= 4 is 62.3 Å². The molecule has 0 aliphatic carbocycles. The second-order valence-corrected chi connectivity index (χ2v) is 12.3. The van der Waals surface area contributed by atoms with Gasteiger partial charge in [-0.15, -0.1) is 0 Å². The van der Waals surface area contributed by atoms with Crippen LogP contribution in [0.2, 0.25) is 15.1 Å². The van der Waals surface area contributed by atoms with Crippen LogP contribution >= 0.6 is 34.8 Å². The number of carbonyl (C=O) groups excluding carboxylic acids is 2. The molecule has 0 fully saturated rings. The van der Waals surface area contributed by atoms with Crippen molar-refractivity contribution in [2.24, 2.45) is 0 Å². The Morgan fingerprint density at radius 2 is 1.62 bits per heavy atom. The lowest BCUT2D eigenvalue weighted by atomic mass is 10.1. The maximum absolute atomic E-state index is 14.1. The van der Waals surface area contributed by atoms with Crippen molar-refractivity contribution in [1.82, 2.24) is 10.2 Å². The van der Waals surface area contributed by atoms with E-state index < -0.39 is 28.5 Å². The van der Waals surface area contributed by atoms with Crippen LogP contribution in [0.15, 0.2) is 71.6 Å². The molecule has 0 aliphatic heterocycles. The predicted molar refractivity (Wildman–Crippen MR) is 162 cm³/mol. The predicted octanol–water partition coefficient (Wildman–Crippen LogP) is 6.48. The molecular formula is C29H32Cl3N3O4S. The molecule has 40 heavy (non-hydrogen) atoms. The fourth-order valence-electron chi connectivity index (χ4n) is 4.22. The molecular weight excluding hydrogens is 593 g/mol. The van der Waals surface area contributed by atoms with Crippen molar-refractivity contribution in [2.45, 2.75) is 51.1 Å². The van der Waals surface area contributed by atoms with Gasteiger partial charge < -0.3 is 10.2 Å². The summed E-state index contributed by atoms with van der Waals surface area (Å²) in [7, 11) is -4.19. The van der Waals surface area contributed by atoms with E-state index in [0.717, 1.165) is 10.7 Å². The fraction of sp³-hybridized carbons (Fsp3) is 0.310. The maximum atomic E-state index is 14.1. The van der Waals surface area contributed by atoms with E-state index in [9.17, 15) is 18.0 Å². The van der Waals surface area contributed by atoms with Gasteiger partial charge in [0.05, 0.1) is 10.6 Å². The molecule has 214 valence electrons. The van der Waals surface area contributed by atoms with Gasteiger partial charge in [-0.05, 0) is 67.3 Å². The van der Waals surface area contributed by atoms with E-state index in [4.69, 9.17) is 34.8 Å². The highest BCUT2D eigenvalue weighted by molar-refractivity contribution is 7.92. The Labute approximate surface area is 251 Å². The molecule has 1 N–H and O–H groups in total. The van der Waals surface area contributed by atoms with Crippen LogP contribution in [0, 0.1) is 6.92 Å². The Balaban J connectivity index is 2.10. The SMILES string of the molecule is CCCNC(=O)C(CC)N(Cc1ccc(Cl)cc1Cl)C(=O)CN(c1cccc(Cl)c1C)S(=O)(=O)c1ccccc1. The highest BCUT2D eigenvalue weighted by atomic mass is 35.5. The molecule has 0 radical (unpaired) electrons. The first kappa shape index (κ1) is 31.7. The van der Waals surface area contributed by atoms with Gasteiger partial charge in [0.2, 0.25) is 11.8 Å². The summed E-state index contributed by atoms with van der Waals surface area (Å²) in [6.07, 6.45) is 1.02. The van der Waals surface area contributed by atoms with E-state index in [0.29, 0.717) is 39.2 Å². The third-order valence-electron chi connectivity index (χ3n) is 6.41. The molecule has 0 bridgehead atoms. The third-order valence-corrected chi connectivity index (χ3v) is 9.18. The standard InChI is InChI=1S/C29H32Cl3N3O4S/c1-4-16-33-29(37)26(5-2)34(18-21-14-15-22(30)17-25(21)32)28(36)19-35(27-13-9-12-24(31)20(27)3)40(38,39)23-10-7-6-8-11-23/h6-15,17,26H,4-5,16,18-19H2,1-3H3,(H,33,37). The molecule has 0 saturated carbocycles. The van der Waals surface area contributed by atoms with Gasteiger partial charge in [0.25, 0.3) is 10.0 Å². The molecule has 11 heteroatoms. The largest absolute Gasteiger partial charge is 0.354 e. The van der Waals surface area contributed by atoms with E-state index in [1.54, 1.807) is 68.4 Å². The molecule has 1 unspecified atom stereocenters. The second kappa shape index (κ2) is 14.2. The minimum Gasteiger partial charge on any atom is -0.354 e. The summed E-state index contributed by atoms with van der Waals surface area (Å²) in [5.41, 5.74) is 1.33. The zero-order chi connectivity index (χ0) is 29.4. The first-order chi connectivity index (χ1) is 19.0. The quantitative estimate of drug-likeness (QED) is 0.250. The molecule has 0 aliphatic rings. The summed E-state index contributed by atoms with van der Waals surface area (Å²) < 4.78 is 28.9. The van der Waals surface area contributed by atoms with Gasteiger partial charge in [0, 0.05) is 28.2 Å². The number of nitrogens with one attached hydrogen (secondary N) is 1. The van der Waals surface area contributed by atoms with Crippen LogP contribution in [0.3, 0.4) is 0 Å². The van der Waals surface area contributed by atoms with Gasteiger partial charge in [-0.3, -0.25) is 13.9 Å². The zero-order valence-electron chi connectivity index (χ0n) is 22.5. The molecule has 3 rings (SSSR count). The normalized spacial score (nSPS) is 12.1. The number of hydrogen-bond acceptors (Lipinski definition) is 4. The zero-order valence-corrected chi connectivity index (χ0v) is 25.6. The number of nitrogens with zero attached hydrogens (tertiary/aromatic N) is 2. The lowest BCUT2D eigenvalue weighted by Gasteiger charge is -2.33.